The van der Waals surface area contributed by atoms with E-state index in [0.717, 1.165) is 13.0 Å². The average Bonchev–Trinajstić information content (AvgIpc) is 3.05. The first kappa shape index (κ1) is 16.0. The van der Waals surface area contributed by atoms with Crippen molar-refractivity contribution >= 4 is 5.91 Å². The zero-order chi connectivity index (χ0) is 14.9. The van der Waals surface area contributed by atoms with Gasteiger partial charge in [0.2, 0.25) is 0 Å². The van der Waals surface area contributed by atoms with Gasteiger partial charge in [-0.05, 0) is 38.1 Å². The first-order valence-corrected chi connectivity index (χ1v) is 8.16. The van der Waals surface area contributed by atoms with Crippen molar-refractivity contribution in [2.75, 3.05) is 45.8 Å². The largest absolute Gasteiger partial charge is 0.357 e. The Bertz CT molecular complexity index is 396. The molecule has 0 atom stereocenters. The van der Waals surface area contributed by atoms with Crippen LogP contribution in [0.15, 0.2) is 18.3 Å². The maximum atomic E-state index is 11.7. The molecule has 0 spiro atoms. The molecule has 1 aromatic rings. The summed E-state index contributed by atoms with van der Waals surface area (Å²) in [4.78, 5) is 19.7. The Morgan fingerprint density at radius 2 is 1.95 bits per heavy atom. The molecule has 0 radical (unpaired) electrons. The molecule has 1 aliphatic rings. The van der Waals surface area contributed by atoms with Crippen molar-refractivity contribution in [3.63, 3.8) is 0 Å². The molecule has 0 saturated carbocycles. The number of hydrogen-bond acceptors (Lipinski definition) is 3. The predicted octanol–water partition coefficient (Wildman–Crippen LogP) is 1.55. The number of H-pyrrole nitrogens is 1. The Morgan fingerprint density at radius 1 is 1.19 bits per heavy atom. The Balaban J connectivity index is 1.46. The normalized spacial score (nSPS) is 17.0. The van der Waals surface area contributed by atoms with Crippen LogP contribution < -0.4 is 5.32 Å². The summed E-state index contributed by atoms with van der Waals surface area (Å²) < 4.78 is 0. The molecule has 1 amide bonds. The van der Waals surface area contributed by atoms with E-state index in [4.69, 9.17) is 0 Å². The van der Waals surface area contributed by atoms with Gasteiger partial charge in [-0.3, -0.25) is 4.79 Å². The zero-order valence-electron chi connectivity index (χ0n) is 13.1. The fraction of sp³-hybridized carbons (Fsp3) is 0.688. The van der Waals surface area contributed by atoms with Crippen LogP contribution in [-0.2, 0) is 0 Å². The molecule has 5 heteroatoms. The molecule has 0 bridgehead atoms. The number of nitrogens with zero attached hydrogens (tertiary/aromatic N) is 2. The molecule has 1 fully saturated rings. The van der Waals surface area contributed by atoms with Crippen LogP contribution in [-0.4, -0.2) is 66.5 Å². The quantitative estimate of drug-likeness (QED) is 0.715. The van der Waals surface area contributed by atoms with Crippen LogP contribution in [0.1, 0.15) is 36.7 Å². The fourth-order valence-corrected chi connectivity index (χ4v) is 2.74. The predicted molar refractivity (Wildman–Crippen MR) is 85.5 cm³/mol. The number of likely N-dealkylation sites (N-methyl/N-ethyl adjacent to an activating group) is 1. The number of nitrogens with one attached hydrogen (secondary N) is 2. The molecule has 1 aromatic heterocycles. The highest BCUT2D eigenvalue weighted by Gasteiger charge is 2.14. The van der Waals surface area contributed by atoms with E-state index in [0.29, 0.717) is 5.69 Å². The second-order valence-electron chi connectivity index (χ2n) is 5.68. The molecule has 1 aliphatic heterocycles. The van der Waals surface area contributed by atoms with E-state index in [1.165, 1.54) is 52.1 Å². The second kappa shape index (κ2) is 8.85. The number of piperazine rings is 1. The van der Waals surface area contributed by atoms with E-state index >= 15 is 0 Å². The van der Waals surface area contributed by atoms with E-state index in [-0.39, 0.29) is 5.91 Å². The van der Waals surface area contributed by atoms with Crippen LogP contribution in [0.25, 0.3) is 0 Å². The Hall–Kier alpha value is -1.33. The molecular formula is C16H28N4O. The van der Waals surface area contributed by atoms with Gasteiger partial charge in [0.15, 0.2) is 0 Å². The molecule has 118 valence electrons. The van der Waals surface area contributed by atoms with Crippen LogP contribution >= 0.6 is 0 Å². The summed E-state index contributed by atoms with van der Waals surface area (Å²) in [5.41, 5.74) is 0.642. The fourth-order valence-electron chi connectivity index (χ4n) is 2.74. The van der Waals surface area contributed by atoms with Crippen molar-refractivity contribution < 1.29 is 4.79 Å². The van der Waals surface area contributed by atoms with Crippen molar-refractivity contribution in [1.29, 1.82) is 0 Å². The molecule has 21 heavy (non-hydrogen) atoms. The highest BCUT2D eigenvalue weighted by atomic mass is 16.1. The SMILES string of the molecule is CCN1CCN(CCCCCNC(=O)c2ccc[nH]2)CC1. The minimum absolute atomic E-state index is 0.00399. The number of aromatic amines is 1. The summed E-state index contributed by atoms with van der Waals surface area (Å²) in [6, 6.07) is 3.64. The van der Waals surface area contributed by atoms with E-state index in [9.17, 15) is 4.79 Å². The van der Waals surface area contributed by atoms with Crippen molar-refractivity contribution in [3.8, 4) is 0 Å². The van der Waals surface area contributed by atoms with Gasteiger partial charge in [0.25, 0.3) is 5.91 Å². The summed E-state index contributed by atoms with van der Waals surface area (Å²) in [6.07, 6.45) is 5.23. The number of aromatic nitrogens is 1. The first-order chi connectivity index (χ1) is 10.3. The number of unbranched alkanes of at least 4 members (excludes halogenated alkanes) is 2. The molecule has 0 aromatic carbocycles. The number of rotatable bonds is 8. The van der Waals surface area contributed by atoms with Gasteiger partial charge >= 0.3 is 0 Å². The van der Waals surface area contributed by atoms with Crippen LogP contribution in [0, 0.1) is 0 Å². The number of hydrogen-bond donors (Lipinski definition) is 2. The highest BCUT2D eigenvalue weighted by molar-refractivity contribution is 5.92. The lowest BCUT2D eigenvalue weighted by atomic mass is 10.2. The van der Waals surface area contributed by atoms with Crippen molar-refractivity contribution in [3.05, 3.63) is 24.0 Å². The highest BCUT2D eigenvalue weighted by Crippen LogP contribution is 2.04. The van der Waals surface area contributed by atoms with Gasteiger partial charge < -0.3 is 20.1 Å². The topological polar surface area (TPSA) is 51.4 Å². The van der Waals surface area contributed by atoms with Gasteiger partial charge in [-0.25, -0.2) is 0 Å². The van der Waals surface area contributed by atoms with Gasteiger partial charge in [-0.2, -0.15) is 0 Å². The average molecular weight is 292 g/mol. The molecular weight excluding hydrogens is 264 g/mol. The van der Waals surface area contributed by atoms with Crippen molar-refractivity contribution in [2.24, 2.45) is 0 Å². The molecule has 2 heterocycles. The third-order valence-corrected chi connectivity index (χ3v) is 4.19. The number of amides is 1. The van der Waals surface area contributed by atoms with Gasteiger partial charge in [0.05, 0.1) is 0 Å². The van der Waals surface area contributed by atoms with Crippen LogP contribution in [0.5, 0.6) is 0 Å². The number of carbonyl (C=O) groups is 1. The van der Waals surface area contributed by atoms with Crippen LogP contribution in [0.2, 0.25) is 0 Å². The summed E-state index contributed by atoms with van der Waals surface area (Å²) in [6.45, 7) is 10.2. The Labute approximate surface area is 127 Å². The molecule has 0 unspecified atom stereocenters. The lowest BCUT2D eigenvalue weighted by molar-refractivity contribution is 0.0948. The molecule has 1 saturated heterocycles. The van der Waals surface area contributed by atoms with Crippen molar-refractivity contribution in [1.82, 2.24) is 20.1 Å². The first-order valence-electron chi connectivity index (χ1n) is 8.16. The molecule has 2 rings (SSSR count). The van der Waals surface area contributed by atoms with Gasteiger partial charge in [-0.15, -0.1) is 0 Å². The summed E-state index contributed by atoms with van der Waals surface area (Å²) in [5, 5.41) is 2.95. The lowest BCUT2D eigenvalue weighted by Gasteiger charge is -2.33. The van der Waals surface area contributed by atoms with E-state index in [2.05, 4.69) is 27.0 Å². The monoisotopic (exact) mass is 292 g/mol. The molecule has 5 nitrogen and oxygen atoms in total. The zero-order valence-corrected chi connectivity index (χ0v) is 13.1. The van der Waals surface area contributed by atoms with E-state index in [1.54, 1.807) is 12.3 Å². The third-order valence-electron chi connectivity index (χ3n) is 4.19. The molecule has 0 aliphatic carbocycles. The Kier molecular flexibility index (Phi) is 6.76. The smallest absolute Gasteiger partial charge is 0.267 e. The van der Waals surface area contributed by atoms with E-state index < -0.39 is 0 Å². The summed E-state index contributed by atoms with van der Waals surface area (Å²) in [5.74, 6) is -0.00399. The van der Waals surface area contributed by atoms with Crippen LogP contribution in [0.3, 0.4) is 0 Å². The van der Waals surface area contributed by atoms with Gasteiger partial charge in [-0.1, -0.05) is 13.3 Å². The Morgan fingerprint density at radius 3 is 2.62 bits per heavy atom. The molecule has 2 N–H and O–H groups in total. The maximum absolute atomic E-state index is 11.7. The standard InChI is InChI=1S/C16H28N4O/c1-2-19-11-13-20(14-12-19)10-5-3-4-8-18-16(21)15-7-6-9-17-15/h6-7,9,17H,2-5,8,10-14H2,1H3,(H,18,21). The summed E-state index contributed by atoms with van der Waals surface area (Å²) in [7, 11) is 0. The van der Waals surface area contributed by atoms with Gasteiger partial charge in [0, 0.05) is 38.9 Å². The third kappa shape index (κ3) is 5.52. The minimum atomic E-state index is -0.00399. The van der Waals surface area contributed by atoms with Crippen LogP contribution in [0.4, 0.5) is 0 Å². The van der Waals surface area contributed by atoms with Crippen molar-refractivity contribution in [2.45, 2.75) is 26.2 Å². The van der Waals surface area contributed by atoms with Gasteiger partial charge in [0.1, 0.15) is 5.69 Å². The van der Waals surface area contributed by atoms with E-state index in [1.807, 2.05) is 6.07 Å². The maximum Gasteiger partial charge on any atom is 0.267 e. The second-order valence-corrected chi connectivity index (χ2v) is 5.68. The lowest BCUT2D eigenvalue weighted by Crippen LogP contribution is -2.46. The number of carbonyl (C=O) groups excluding carboxylic acids is 1. The minimum Gasteiger partial charge on any atom is -0.357 e. The summed E-state index contributed by atoms with van der Waals surface area (Å²) >= 11 is 0.